The average molecular weight is 193 g/mol. The highest BCUT2D eigenvalue weighted by atomic mass is 16.1. The van der Waals surface area contributed by atoms with E-state index in [1.807, 2.05) is 13.8 Å². The van der Waals surface area contributed by atoms with Crippen LogP contribution in [0.3, 0.4) is 0 Å². The number of pyridine rings is 1. The number of carbonyl (C=O) groups excluding carboxylic acids is 1. The fraction of sp³-hybridized carbons (Fsp3) is 0.455. The van der Waals surface area contributed by atoms with Crippen LogP contribution in [0.1, 0.15) is 23.4 Å². The van der Waals surface area contributed by atoms with Gasteiger partial charge in [0.05, 0.1) is 6.42 Å². The number of nitrogens with zero attached hydrogens (tertiary/aromatic N) is 1. The molecule has 1 heterocycles. The van der Waals surface area contributed by atoms with E-state index in [1.165, 1.54) is 17.0 Å². The van der Waals surface area contributed by atoms with Crippen molar-refractivity contribution in [2.45, 2.75) is 33.7 Å². The van der Waals surface area contributed by atoms with Gasteiger partial charge in [0.25, 0.3) is 0 Å². The van der Waals surface area contributed by atoms with Crippen molar-refractivity contribution in [3.8, 4) is 0 Å². The molecule has 3 nitrogen and oxygen atoms in total. The summed E-state index contributed by atoms with van der Waals surface area (Å²) in [6, 6.07) is 4.21. The third kappa shape index (κ3) is 2.55. The number of rotatable bonds is 3. The maximum Gasteiger partial charge on any atom is 0.223 e. The van der Waals surface area contributed by atoms with E-state index in [0.29, 0.717) is 13.0 Å². The summed E-state index contributed by atoms with van der Waals surface area (Å²) in [7, 11) is 0. The standard InChI is InChI=1S/C11H16N2O/c1-8-6-9(2)13(10(3)7-8)5-4-11(12)14/h6-7H,4-5H2,1-3H3,(H-,12,14)/p+1. The molecule has 0 fully saturated rings. The van der Waals surface area contributed by atoms with E-state index in [9.17, 15) is 4.79 Å². The molecule has 3 heteroatoms. The minimum atomic E-state index is -0.253. The Hall–Kier alpha value is -1.38. The summed E-state index contributed by atoms with van der Waals surface area (Å²) in [5, 5.41) is 0. The Balaban J connectivity index is 2.91. The lowest BCUT2D eigenvalue weighted by atomic mass is 10.2. The Kier molecular flexibility index (Phi) is 3.23. The minimum Gasteiger partial charge on any atom is -0.369 e. The molecular formula is C11H17N2O+. The van der Waals surface area contributed by atoms with E-state index in [0.717, 1.165) is 0 Å². The van der Waals surface area contributed by atoms with Gasteiger partial charge in [-0.15, -0.1) is 0 Å². The quantitative estimate of drug-likeness (QED) is 0.708. The van der Waals surface area contributed by atoms with Crippen LogP contribution in [0.4, 0.5) is 0 Å². The monoisotopic (exact) mass is 193 g/mol. The van der Waals surface area contributed by atoms with Crippen LogP contribution in [-0.2, 0) is 11.3 Å². The van der Waals surface area contributed by atoms with Crippen LogP contribution in [0.2, 0.25) is 0 Å². The van der Waals surface area contributed by atoms with E-state index in [-0.39, 0.29) is 5.91 Å². The maximum atomic E-state index is 10.7. The van der Waals surface area contributed by atoms with E-state index in [1.54, 1.807) is 0 Å². The van der Waals surface area contributed by atoms with E-state index < -0.39 is 0 Å². The normalized spacial score (nSPS) is 10.2. The molecule has 2 N–H and O–H groups in total. The van der Waals surface area contributed by atoms with Crippen molar-refractivity contribution in [2.75, 3.05) is 0 Å². The Labute approximate surface area is 84.6 Å². The van der Waals surface area contributed by atoms with Crippen LogP contribution >= 0.6 is 0 Å². The molecule has 76 valence electrons. The maximum absolute atomic E-state index is 10.7. The highest BCUT2D eigenvalue weighted by Crippen LogP contribution is 2.01. The van der Waals surface area contributed by atoms with E-state index in [2.05, 4.69) is 23.6 Å². The van der Waals surface area contributed by atoms with Gasteiger partial charge in [-0.2, -0.15) is 4.57 Å². The Morgan fingerprint density at radius 1 is 1.29 bits per heavy atom. The predicted octanol–water partition coefficient (Wildman–Crippen LogP) is 0.775. The van der Waals surface area contributed by atoms with Gasteiger partial charge in [-0.25, -0.2) is 0 Å². The fourth-order valence-electron chi connectivity index (χ4n) is 1.71. The van der Waals surface area contributed by atoms with Crippen molar-refractivity contribution >= 4 is 5.91 Å². The molecule has 0 aliphatic rings. The molecule has 0 spiro atoms. The number of hydrogen-bond donors (Lipinski definition) is 1. The van der Waals surface area contributed by atoms with Crippen LogP contribution in [0.15, 0.2) is 12.1 Å². The molecule has 0 saturated heterocycles. The summed E-state index contributed by atoms with van der Waals surface area (Å²) >= 11 is 0. The Morgan fingerprint density at radius 2 is 1.79 bits per heavy atom. The lowest BCUT2D eigenvalue weighted by Crippen LogP contribution is -2.41. The zero-order chi connectivity index (χ0) is 10.7. The second kappa shape index (κ2) is 4.22. The molecule has 0 aliphatic carbocycles. The number of primary amides is 1. The van der Waals surface area contributed by atoms with Gasteiger partial charge < -0.3 is 5.73 Å². The molecule has 0 aromatic carbocycles. The summed E-state index contributed by atoms with van der Waals surface area (Å²) in [6.07, 6.45) is 0.398. The molecule has 1 amide bonds. The first-order valence-electron chi connectivity index (χ1n) is 4.76. The highest BCUT2D eigenvalue weighted by molar-refractivity contribution is 5.73. The van der Waals surface area contributed by atoms with Crippen molar-refractivity contribution in [1.82, 2.24) is 0 Å². The summed E-state index contributed by atoms with van der Waals surface area (Å²) in [5.74, 6) is -0.253. The van der Waals surface area contributed by atoms with Crippen LogP contribution < -0.4 is 10.3 Å². The van der Waals surface area contributed by atoms with Crippen LogP contribution in [-0.4, -0.2) is 5.91 Å². The number of aromatic nitrogens is 1. The molecule has 0 saturated carbocycles. The summed E-state index contributed by atoms with van der Waals surface area (Å²) in [4.78, 5) is 10.7. The molecule has 1 rings (SSSR count). The molecule has 1 aromatic heterocycles. The smallest absolute Gasteiger partial charge is 0.223 e. The van der Waals surface area contributed by atoms with E-state index in [4.69, 9.17) is 5.73 Å². The van der Waals surface area contributed by atoms with Gasteiger partial charge in [0, 0.05) is 26.0 Å². The molecule has 0 unspecified atom stereocenters. The minimum absolute atomic E-state index is 0.253. The number of hydrogen-bond acceptors (Lipinski definition) is 1. The molecule has 1 aromatic rings. The van der Waals surface area contributed by atoms with Crippen molar-refractivity contribution in [3.63, 3.8) is 0 Å². The first kappa shape index (κ1) is 10.7. The topological polar surface area (TPSA) is 47.0 Å². The zero-order valence-corrected chi connectivity index (χ0v) is 9.00. The molecular weight excluding hydrogens is 176 g/mol. The van der Waals surface area contributed by atoms with Gasteiger partial charge >= 0.3 is 0 Å². The summed E-state index contributed by atoms with van der Waals surface area (Å²) in [5.41, 5.74) is 8.70. The van der Waals surface area contributed by atoms with Crippen molar-refractivity contribution in [2.24, 2.45) is 5.73 Å². The molecule has 0 atom stereocenters. The van der Waals surface area contributed by atoms with Crippen molar-refractivity contribution in [3.05, 3.63) is 29.1 Å². The molecule has 0 bridgehead atoms. The lowest BCUT2D eigenvalue weighted by Gasteiger charge is -2.03. The average Bonchev–Trinajstić information content (AvgIpc) is 2.01. The zero-order valence-electron chi connectivity index (χ0n) is 9.00. The van der Waals surface area contributed by atoms with Gasteiger partial charge in [0.15, 0.2) is 17.9 Å². The van der Waals surface area contributed by atoms with Gasteiger partial charge in [-0.05, 0) is 12.5 Å². The summed E-state index contributed by atoms with van der Waals surface area (Å²) < 4.78 is 2.11. The van der Waals surface area contributed by atoms with Crippen molar-refractivity contribution in [1.29, 1.82) is 0 Å². The molecule has 0 radical (unpaired) electrons. The Morgan fingerprint density at radius 3 is 2.21 bits per heavy atom. The number of aryl methyl sites for hydroxylation is 3. The lowest BCUT2D eigenvalue weighted by molar-refractivity contribution is -0.707. The summed E-state index contributed by atoms with van der Waals surface area (Å²) in [6.45, 7) is 6.83. The number of amides is 1. The van der Waals surface area contributed by atoms with Gasteiger partial charge in [-0.1, -0.05) is 0 Å². The van der Waals surface area contributed by atoms with Crippen LogP contribution in [0.5, 0.6) is 0 Å². The number of nitrogens with two attached hydrogens (primary N) is 1. The Bertz CT molecular complexity index is 335. The van der Waals surface area contributed by atoms with Gasteiger partial charge in [0.2, 0.25) is 5.91 Å². The SMILES string of the molecule is Cc1cc(C)[n+](CCC(N)=O)c(C)c1. The highest BCUT2D eigenvalue weighted by Gasteiger charge is 2.11. The predicted molar refractivity (Wildman–Crippen MR) is 54.7 cm³/mol. The van der Waals surface area contributed by atoms with Gasteiger partial charge in [0.1, 0.15) is 0 Å². The second-order valence-electron chi connectivity index (χ2n) is 3.68. The molecule has 14 heavy (non-hydrogen) atoms. The first-order chi connectivity index (χ1) is 6.50. The van der Waals surface area contributed by atoms with E-state index >= 15 is 0 Å². The fourth-order valence-corrected chi connectivity index (χ4v) is 1.71. The largest absolute Gasteiger partial charge is 0.369 e. The third-order valence-electron chi connectivity index (χ3n) is 2.31. The second-order valence-corrected chi connectivity index (χ2v) is 3.68. The third-order valence-corrected chi connectivity index (χ3v) is 2.31. The van der Waals surface area contributed by atoms with Gasteiger partial charge in [-0.3, -0.25) is 4.79 Å². The molecule has 0 aliphatic heterocycles. The van der Waals surface area contributed by atoms with Crippen molar-refractivity contribution < 1.29 is 9.36 Å². The van der Waals surface area contributed by atoms with Crippen LogP contribution in [0, 0.1) is 20.8 Å². The first-order valence-corrected chi connectivity index (χ1v) is 4.76. The van der Waals surface area contributed by atoms with Crippen LogP contribution in [0.25, 0.3) is 0 Å². The number of carbonyl (C=O) groups is 1.